The second kappa shape index (κ2) is 3.98. The van der Waals surface area contributed by atoms with Crippen molar-refractivity contribution in [2.75, 3.05) is 0 Å². The molecule has 5 heteroatoms. The Balaban J connectivity index is 2.63. The van der Waals surface area contributed by atoms with Crippen molar-refractivity contribution >= 4 is 48.8 Å². The molecule has 0 bridgehead atoms. The molecule has 1 aromatic carbocycles. The van der Waals surface area contributed by atoms with Crippen molar-refractivity contribution in [2.45, 2.75) is 6.42 Å². The Labute approximate surface area is 102 Å². The fourth-order valence-electron chi connectivity index (χ4n) is 1.41. The van der Waals surface area contributed by atoms with E-state index in [-0.39, 0.29) is 6.42 Å². The van der Waals surface area contributed by atoms with E-state index in [4.69, 9.17) is 9.52 Å². The Hall–Kier alpha value is -0.810. The highest BCUT2D eigenvalue weighted by Gasteiger charge is 2.12. The molecule has 1 aromatic heterocycles. The van der Waals surface area contributed by atoms with E-state index in [2.05, 4.69) is 31.9 Å². The lowest BCUT2D eigenvalue weighted by molar-refractivity contribution is -0.136. The van der Waals surface area contributed by atoms with Gasteiger partial charge in [-0.25, -0.2) is 0 Å². The van der Waals surface area contributed by atoms with Crippen LogP contribution < -0.4 is 0 Å². The fraction of sp³-hybridized carbons (Fsp3) is 0.100. The number of halogens is 2. The first-order chi connectivity index (χ1) is 7.08. The zero-order valence-corrected chi connectivity index (χ0v) is 10.6. The standard InChI is InChI=1S/C10H6Br2O3/c11-6-2-7-5(1-9(13)14)4-15-10(7)8(12)3-6/h2-4H,1H2,(H,13,14). The second-order valence-corrected chi connectivity index (χ2v) is 4.87. The normalized spacial score (nSPS) is 10.8. The van der Waals surface area contributed by atoms with Crippen LogP contribution in [-0.2, 0) is 11.2 Å². The van der Waals surface area contributed by atoms with Crippen LogP contribution in [0.25, 0.3) is 11.0 Å². The first-order valence-electron chi connectivity index (χ1n) is 4.15. The van der Waals surface area contributed by atoms with Crippen LogP contribution in [0.5, 0.6) is 0 Å². The highest BCUT2D eigenvalue weighted by Crippen LogP contribution is 2.32. The Kier molecular flexibility index (Phi) is 2.84. The molecule has 15 heavy (non-hydrogen) atoms. The summed E-state index contributed by atoms with van der Waals surface area (Å²) in [6.07, 6.45) is 1.45. The molecule has 0 amide bonds. The number of carbonyl (C=O) groups is 1. The lowest BCUT2D eigenvalue weighted by Gasteiger charge is -1.96. The molecule has 3 nitrogen and oxygen atoms in total. The van der Waals surface area contributed by atoms with Crippen molar-refractivity contribution in [1.29, 1.82) is 0 Å². The monoisotopic (exact) mass is 332 g/mol. The summed E-state index contributed by atoms with van der Waals surface area (Å²) in [6, 6.07) is 3.71. The van der Waals surface area contributed by atoms with Gasteiger partial charge in [-0.15, -0.1) is 0 Å². The van der Waals surface area contributed by atoms with Crippen LogP contribution in [0, 0.1) is 0 Å². The quantitative estimate of drug-likeness (QED) is 0.913. The smallest absolute Gasteiger partial charge is 0.307 e. The lowest BCUT2D eigenvalue weighted by atomic mass is 10.1. The number of hydrogen-bond acceptors (Lipinski definition) is 2. The van der Waals surface area contributed by atoms with Crippen LogP contribution in [0.1, 0.15) is 5.56 Å². The number of benzene rings is 1. The van der Waals surface area contributed by atoms with Crippen LogP contribution in [0.2, 0.25) is 0 Å². The summed E-state index contributed by atoms with van der Waals surface area (Å²) in [5.41, 5.74) is 1.36. The van der Waals surface area contributed by atoms with E-state index >= 15 is 0 Å². The van der Waals surface area contributed by atoms with Crippen LogP contribution in [0.15, 0.2) is 31.8 Å². The maximum absolute atomic E-state index is 10.6. The third kappa shape index (κ3) is 2.08. The SMILES string of the molecule is O=C(O)Cc1coc2c(Br)cc(Br)cc12. The minimum Gasteiger partial charge on any atom is -0.481 e. The molecule has 0 aliphatic heterocycles. The predicted molar refractivity (Wildman–Crippen MR) is 63.0 cm³/mol. The molecule has 2 aromatic rings. The van der Waals surface area contributed by atoms with E-state index in [1.54, 1.807) is 0 Å². The van der Waals surface area contributed by atoms with Gasteiger partial charge >= 0.3 is 5.97 Å². The topological polar surface area (TPSA) is 50.4 Å². The Morgan fingerprint density at radius 3 is 2.80 bits per heavy atom. The van der Waals surface area contributed by atoms with E-state index in [1.807, 2.05) is 12.1 Å². The van der Waals surface area contributed by atoms with Crippen molar-refractivity contribution in [3.05, 3.63) is 32.9 Å². The Bertz CT molecular complexity index is 531. The highest BCUT2D eigenvalue weighted by molar-refractivity contribution is 9.11. The Morgan fingerprint density at radius 2 is 2.13 bits per heavy atom. The zero-order valence-electron chi connectivity index (χ0n) is 7.46. The molecule has 2 rings (SSSR count). The van der Waals surface area contributed by atoms with Crippen molar-refractivity contribution in [1.82, 2.24) is 0 Å². The van der Waals surface area contributed by atoms with E-state index in [1.165, 1.54) is 6.26 Å². The minimum atomic E-state index is -0.867. The summed E-state index contributed by atoms with van der Waals surface area (Å²) in [7, 11) is 0. The van der Waals surface area contributed by atoms with Gasteiger partial charge in [-0.1, -0.05) is 15.9 Å². The second-order valence-electron chi connectivity index (χ2n) is 3.10. The van der Waals surface area contributed by atoms with E-state index in [0.29, 0.717) is 11.1 Å². The summed E-state index contributed by atoms with van der Waals surface area (Å²) >= 11 is 6.71. The van der Waals surface area contributed by atoms with Crippen LogP contribution in [-0.4, -0.2) is 11.1 Å². The number of hydrogen-bond donors (Lipinski definition) is 1. The average Bonchev–Trinajstić information content (AvgIpc) is 2.48. The van der Waals surface area contributed by atoms with Gasteiger partial charge in [-0.3, -0.25) is 4.79 Å². The van der Waals surface area contributed by atoms with Crippen molar-refractivity contribution in [2.24, 2.45) is 0 Å². The van der Waals surface area contributed by atoms with Gasteiger partial charge in [-0.2, -0.15) is 0 Å². The van der Waals surface area contributed by atoms with Crippen LogP contribution in [0.3, 0.4) is 0 Å². The van der Waals surface area contributed by atoms with Gasteiger partial charge in [0.15, 0.2) is 0 Å². The Morgan fingerprint density at radius 1 is 1.40 bits per heavy atom. The van der Waals surface area contributed by atoms with Gasteiger partial charge in [0.25, 0.3) is 0 Å². The van der Waals surface area contributed by atoms with E-state index in [9.17, 15) is 4.79 Å². The van der Waals surface area contributed by atoms with Gasteiger partial charge in [0.05, 0.1) is 17.2 Å². The molecular weight excluding hydrogens is 328 g/mol. The number of rotatable bonds is 2. The van der Waals surface area contributed by atoms with E-state index < -0.39 is 5.97 Å². The van der Waals surface area contributed by atoms with Gasteiger partial charge < -0.3 is 9.52 Å². The van der Waals surface area contributed by atoms with Crippen molar-refractivity contribution in [3.63, 3.8) is 0 Å². The maximum atomic E-state index is 10.6. The largest absolute Gasteiger partial charge is 0.481 e. The average molecular weight is 334 g/mol. The number of furan rings is 1. The zero-order chi connectivity index (χ0) is 11.0. The number of carboxylic acid groups (broad SMARTS) is 1. The summed E-state index contributed by atoms with van der Waals surface area (Å²) in [5.74, 6) is -0.867. The summed E-state index contributed by atoms with van der Waals surface area (Å²) < 4.78 is 7.00. The maximum Gasteiger partial charge on any atom is 0.307 e. The molecule has 0 radical (unpaired) electrons. The van der Waals surface area contributed by atoms with Gasteiger partial charge in [-0.05, 0) is 28.1 Å². The molecule has 1 heterocycles. The van der Waals surface area contributed by atoms with Crippen molar-refractivity contribution < 1.29 is 14.3 Å². The van der Waals surface area contributed by atoms with E-state index in [0.717, 1.165) is 14.3 Å². The number of fused-ring (bicyclic) bond motifs is 1. The number of aliphatic carboxylic acids is 1. The lowest BCUT2D eigenvalue weighted by Crippen LogP contribution is -1.98. The van der Waals surface area contributed by atoms with Crippen LogP contribution in [0.4, 0.5) is 0 Å². The molecular formula is C10H6Br2O3. The molecule has 0 atom stereocenters. The third-order valence-corrected chi connectivity index (χ3v) is 3.06. The molecule has 0 aliphatic carbocycles. The third-order valence-electron chi connectivity index (χ3n) is 2.02. The fourth-order valence-corrected chi connectivity index (χ4v) is 2.73. The molecule has 0 fully saturated rings. The molecule has 1 N–H and O–H groups in total. The first-order valence-corrected chi connectivity index (χ1v) is 5.73. The van der Waals surface area contributed by atoms with Crippen LogP contribution >= 0.6 is 31.9 Å². The molecule has 0 aliphatic rings. The molecule has 0 unspecified atom stereocenters. The molecule has 0 saturated carbocycles. The molecule has 0 spiro atoms. The first kappa shape index (κ1) is 10.7. The molecule has 0 saturated heterocycles. The molecule has 78 valence electrons. The summed E-state index contributed by atoms with van der Waals surface area (Å²) in [4.78, 5) is 10.6. The highest BCUT2D eigenvalue weighted by atomic mass is 79.9. The summed E-state index contributed by atoms with van der Waals surface area (Å²) in [6.45, 7) is 0. The predicted octanol–water partition coefficient (Wildman–Crippen LogP) is 3.58. The number of carboxylic acids is 1. The van der Waals surface area contributed by atoms with Crippen molar-refractivity contribution in [3.8, 4) is 0 Å². The summed E-state index contributed by atoms with van der Waals surface area (Å²) in [5, 5.41) is 9.54. The van der Waals surface area contributed by atoms with Gasteiger partial charge in [0.2, 0.25) is 0 Å². The minimum absolute atomic E-state index is 0.0319. The van der Waals surface area contributed by atoms with Gasteiger partial charge in [0, 0.05) is 15.4 Å². The van der Waals surface area contributed by atoms with Gasteiger partial charge in [0.1, 0.15) is 5.58 Å².